The van der Waals surface area contributed by atoms with E-state index in [0.29, 0.717) is 5.95 Å². The maximum atomic E-state index is 5.87. The number of hydrogen-bond donors (Lipinski definition) is 1. The Labute approximate surface area is 113 Å². The Hall–Kier alpha value is -1.88. The van der Waals surface area contributed by atoms with Crippen molar-refractivity contribution < 1.29 is 0 Å². The summed E-state index contributed by atoms with van der Waals surface area (Å²) >= 11 is 0. The normalized spacial score (nSPS) is 17.1. The Morgan fingerprint density at radius 1 is 1.11 bits per heavy atom. The molecule has 19 heavy (non-hydrogen) atoms. The Kier molecular flexibility index (Phi) is 2.98. The summed E-state index contributed by atoms with van der Waals surface area (Å²) in [5, 5.41) is 1.10. The van der Waals surface area contributed by atoms with Crippen LogP contribution in [0.5, 0.6) is 0 Å². The number of likely N-dealkylation sites (N-methyl/N-ethyl adjacent to an activating group) is 1. The lowest BCUT2D eigenvalue weighted by molar-refractivity contribution is 0.312. The zero-order valence-electron chi connectivity index (χ0n) is 11.4. The molecule has 0 atom stereocenters. The van der Waals surface area contributed by atoms with E-state index in [1.165, 1.54) is 0 Å². The monoisotopic (exact) mass is 257 g/mol. The van der Waals surface area contributed by atoms with Gasteiger partial charge in [0, 0.05) is 31.6 Å². The second-order valence-electron chi connectivity index (χ2n) is 5.17. The van der Waals surface area contributed by atoms with Crippen molar-refractivity contribution in [3.05, 3.63) is 23.8 Å². The summed E-state index contributed by atoms with van der Waals surface area (Å²) in [4.78, 5) is 13.5. The Balaban J connectivity index is 2.10. The number of nitrogens with two attached hydrogens (primary N) is 1. The highest BCUT2D eigenvalue weighted by Crippen LogP contribution is 2.27. The van der Waals surface area contributed by atoms with Crippen LogP contribution in [0, 0.1) is 6.92 Å². The lowest BCUT2D eigenvalue weighted by Crippen LogP contribution is -2.45. The first-order valence-electron chi connectivity index (χ1n) is 6.61. The second-order valence-corrected chi connectivity index (χ2v) is 5.17. The zero-order valence-corrected chi connectivity index (χ0v) is 11.4. The van der Waals surface area contributed by atoms with Crippen LogP contribution in [0.4, 0.5) is 11.8 Å². The molecule has 1 aliphatic heterocycles. The van der Waals surface area contributed by atoms with Gasteiger partial charge in [0.25, 0.3) is 0 Å². The summed E-state index contributed by atoms with van der Waals surface area (Å²) in [7, 11) is 2.15. The molecule has 0 spiro atoms. The van der Waals surface area contributed by atoms with Crippen molar-refractivity contribution in [3.63, 3.8) is 0 Å². The summed E-state index contributed by atoms with van der Waals surface area (Å²) in [6.45, 7) is 6.13. The molecule has 5 heteroatoms. The van der Waals surface area contributed by atoms with Crippen LogP contribution in [0.3, 0.4) is 0 Å². The van der Waals surface area contributed by atoms with Gasteiger partial charge >= 0.3 is 0 Å². The van der Waals surface area contributed by atoms with Gasteiger partial charge in [-0.2, -0.15) is 4.98 Å². The van der Waals surface area contributed by atoms with Gasteiger partial charge in [-0.1, -0.05) is 12.1 Å². The highest BCUT2D eigenvalue weighted by Gasteiger charge is 2.18. The molecule has 1 aliphatic rings. The third kappa shape index (κ3) is 2.21. The Morgan fingerprint density at radius 2 is 1.84 bits per heavy atom. The van der Waals surface area contributed by atoms with Gasteiger partial charge in [0.05, 0.1) is 5.52 Å². The van der Waals surface area contributed by atoms with Crippen LogP contribution in [0.2, 0.25) is 0 Å². The Morgan fingerprint density at radius 3 is 2.58 bits per heavy atom. The van der Waals surface area contributed by atoms with Crippen LogP contribution in [-0.4, -0.2) is 48.1 Å². The minimum atomic E-state index is 0.357. The first-order chi connectivity index (χ1) is 9.15. The van der Waals surface area contributed by atoms with Crippen molar-refractivity contribution in [2.45, 2.75) is 6.92 Å². The predicted octanol–water partition coefficient (Wildman–Crippen LogP) is 1.27. The minimum Gasteiger partial charge on any atom is -0.368 e. The molecule has 2 heterocycles. The van der Waals surface area contributed by atoms with Crippen molar-refractivity contribution >= 4 is 22.7 Å². The third-order valence-electron chi connectivity index (χ3n) is 3.73. The quantitative estimate of drug-likeness (QED) is 0.834. The molecule has 0 saturated carbocycles. The van der Waals surface area contributed by atoms with E-state index in [-0.39, 0.29) is 0 Å². The summed E-state index contributed by atoms with van der Waals surface area (Å²) in [5.41, 5.74) is 7.97. The lowest BCUT2D eigenvalue weighted by atomic mass is 10.1. The Bertz CT molecular complexity index is 602. The van der Waals surface area contributed by atoms with Gasteiger partial charge in [0.15, 0.2) is 0 Å². The molecule has 1 saturated heterocycles. The largest absolute Gasteiger partial charge is 0.368 e. The fourth-order valence-corrected chi connectivity index (χ4v) is 2.56. The van der Waals surface area contributed by atoms with Crippen LogP contribution >= 0.6 is 0 Å². The summed E-state index contributed by atoms with van der Waals surface area (Å²) in [6.07, 6.45) is 0. The number of aryl methyl sites for hydroxylation is 1. The summed E-state index contributed by atoms with van der Waals surface area (Å²) in [5.74, 6) is 1.33. The van der Waals surface area contributed by atoms with E-state index in [9.17, 15) is 0 Å². The number of aromatic nitrogens is 2. The van der Waals surface area contributed by atoms with E-state index in [1.807, 2.05) is 0 Å². The number of hydrogen-bond acceptors (Lipinski definition) is 5. The van der Waals surface area contributed by atoms with Crippen molar-refractivity contribution in [2.75, 3.05) is 43.9 Å². The smallest absolute Gasteiger partial charge is 0.222 e. The van der Waals surface area contributed by atoms with Crippen molar-refractivity contribution in [1.29, 1.82) is 0 Å². The van der Waals surface area contributed by atoms with Crippen LogP contribution in [0.15, 0.2) is 18.2 Å². The molecule has 3 rings (SSSR count). The molecule has 0 aliphatic carbocycles. The minimum absolute atomic E-state index is 0.357. The summed E-state index contributed by atoms with van der Waals surface area (Å²) in [6, 6.07) is 6.19. The average molecular weight is 257 g/mol. The number of piperazine rings is 1. The van der Waals surface area contributed by atoms with Crippen LogP contribution in [0.1, 0.15) is 5.56 Å². The first-order valence-corrected chi connectivity index (χ1v) is 6.61. The SMILES string of the molecule is Cc1cccc2c(N3CCN(C)CC3)nc(N)nc12. The van der Waals surface area contributed by atoms with Crippen molar-refractivity contribution in [1.82, 2.24) is 14.9 Å². The van der Waals surface area contributed by atoms with Gasteiger partial charge in [0.2, 0.25) is 5.95 Å². The molecular formula is C14H19N5. The van der Waals surface area contributed by atoms with Crippen LogP contribution in [0.25, 0.3) is 10.9 Å². The maximum Gasteiger partial charge on any atom is 0.222 e. The van der Waals surface area contributed by atoms with Gasteiger partial charge < -0.3 is 15.5 Å². The van der Waals surface area contributed by atoms with E-state index in [1.54, 1.807) is 0 Å². The van der Waals surface area contributed by atoms with Gasteiger partial charge in [-0.05, 0) is 25.6 Å². The van der Waals surface area contributed by atoms with Crippen LogP contribution < -0.4 is 10.6 Å². The topological polar surface area (TPSA) is 58.3 Å². The molecule has 0 bridgehead atoms. The molecule has 0 radical (unpaired) electrons. The number of para-hydroxylation sites is 1. The molecule has 0 unspecified atom stereocenters. The number of benzene rings is 1. The molecule has 0 amide bonds. The zero-order chi connectivity index (χ0) is 13.4. The molecule has 1 aromatic heterocycles. The lowest BCUT2D eigenvalue weighted by Gasteiger charge is -2.33. The van der Waals surface area contributed by atoms with E-state index in [2.05, 4.69) is 51.9 Å². The molecule has 5 nitrogen and oxygen atoms in total. The highest BCUT2D eigenvalue weighted by atomic mass is 15.3. The van der Waals surface area contributed by atoms with Crippen molar-refractivity contribution in [2.24, 2.45) is 0 Å². The summed E-state index contributed by atoms with van der Waals surface area (Å²) < 4.78 is 0. The molecule has 2 aromatic rings. The molecule has 1 fully saturated rings. The molecule has 1 aromatic carbocycles. The van der Waals surface area contributed by atoms with Gasteiger partial charge in [-0.25, -0.2) is 4.98 Å². The predicted molar refractivity (Wildman–Crippen MR) is 78.4 cm³/mol. The number of rotatable bonds is 1. The van der Waals surface area contributed by atoms with Gasteiger partial charge in [-0.15, -0.1) is 0 Å². The van der Waals surface area contributed by atoms with Crippen molar-refractivity contribution in [3.8, 4) is 0 Å². The molecular weight excluding hydrogens is 238 g/mol. The second kappa shape index (κ2) is 4.66. The van der Waals surface area contributed by atoms with E-state index >= 15 is 0 Å². The number of nitrogen functional groups attached to an aromatic ring is 1. The highest BCUT2D eigenvalue weighted by molar-refractivity contribution is 5.92. The fraction of sp³-hybridized carbons (Fsp3) is 0.429. The van der Waals surface area contributed by atoms with Gasteiger partial charge in [-0.3, -0.25) is 0 Å². The maximum absolute atomic E-state index is 5.87. The van der Waals surface area contributed by atoms with E-state index in [0.717, 1.165) is 48.5 Å². The first kappa shape index (κ1) is 12.2. The number of anilines is 2. The number of fused-ring (bicyclic) bond motifs is 1. The van der Waals surface area contributed by atoms with Crippen LogP contribution in [-0.2, 0) is 0 Å². The van der Waals surface area contributed by atoms with Gasteiger partial charge in [0.1, 0.15) is 5.82 Å². The van der Waals surface area contributed by atoms with E-state index in [4.69, 9.17) is 5.73 Å². The number of nitrogens with zero attached hydrogens (tertiary/aromatic N) is 4. The molecule has 2 N–H and O–H groups in total. The molecule has 100 valence electrons. The average Bonchev–Trinajstić information content (AvgIpc) is 2.40. The standard InChI is InChI=1S/C14H19N5/c1-10-4-3-5-11-12(10)16-14(15)17-13(11)19-8-6-18(2)7-9-19/h3-5H,6-9H2,1-2H3,(H2,15,16,17). The fourth-order valence-electron chi connectivity index (χ4n) is 2.56. The third-order valence-corrected chi connectivity index (χ3v) is 3.73. The van der Waals surface area contributed by atoms with E-state index < -0.39 is 0 Å².